The molecular weight excluding hydrogens is 314 g/mol. The molecule has 0 aliphatic heterocycles. The zero-order valence-corrected chi connectivity index (χ0v) is 14.1. The molecule has 1 saturated carbocycles. The molecule has 1 aliphatic carbocycles. The number of hydrogen-bond donors (Lipinski definition) is 0. The van der Waals surface area contributed by atoms with Gasteiger partial charge >= 0.3 is 0 Å². The van der Waals surface area contributed by atoms with Crippen LogP contribution in [-0.4, -0.2) is 33.0 Å². The minimum Gasteiger partial charge on any atom is -0.339 e. The summed E-state index contributed by atoms with van der Waals surface area (Å²) in [5, 5.41) is 4.63. The predicted octanol–water partition coefficient (Wildman–Crippen LogP) is 3.72. The molecule has 1 amide bonds. The summed E-state index contributed by atoms with van der Waals surface area (Å²) in [6, 6.07) is 7.92. The summed E-state index contributed by atoms with van der Waals surface area (Å²) in [5.74, 6) is 1.17. The Labute approximate surface area is 140 Å². The molecule has 0 unspecified atom stereocenters. The van der Waals surface area contributed by atoms with Crippen LogP contribution in [0.3, 0.4) is 0 Å². The Bertz CT molecular complexity index is 675. The highest BCUT2D eigenvalue weighted by Crippen LogP contribution is 2.29. The zero-order valence-electron chi connectivity index (χ0n) is 13.3. The van der Waals surface area contributed by atoms with E-state index < -0.39 is 0 Å². The molecule has 6 heteroatoms. The van der Waals surface area contributed by atoms with Crippen LogP contribution in [0.25, 0.3) is 11.4 Å². The van der Waals surface area contributed by atoms with Crippen LogP contribution in [0.2, 0.25) is 5.02 Å². The van der Waals surface area contributed by atoms with Gasteiger partial charge in [0.15, 0.2) is 0 Å². The molecule has 2 aromatic rings. The van der Waals surface area contributed by atoms with Gasteiger partial charge in [-0.3, -0.25) is 4.79 Å². The van der Waals surface area contributed by atoms with Crippen molar-refractivity contribution < 1.29 is 9.32 Å². The van der Waals surface area contributed by atoms with Crippen LogP contribution in [0.1, 0.15) is 39.0 Å². The first-order chi connectivity index (χ1) is 11.0. The summed E-state index contributed by atoms with van der Waals surface area (Å²) in [6.45, 7) is 4.11. The number of rotatable bonds is 6. The van der Waals surface area contributed by atoms with Crippen LogP contribution in [0, 0.1) is 0 Å². The number of halogens is 1. The number of hydrogen-bond acceptors (Lipinski definition) is 4. The van der Waals surface area contributed by atoms with E-state index in [1.807, 2.05) is 17.0 Å². The van der Waals surface area contributed by atoms with Gasteiger partial charge in [-0.1, -0.05) is 16.8 Å². The largest absolute Gasteiger partial charge is 0.339 e. The molecule has 0 atom stereocenters. The van der Waals surface area contributed by atoms with Crippen LogP contribution in [0.15, 0.2) is 28.8 Å². The van der Waals surface area contributed by atoms with E-state index in [1.165, 1.54) is 0 Å². The second kappa shape index (κ2) is 6.71. The van der Waals surface area contributed by atoms with Crippen LogP contribution < -0.4 is 0 Å². The maximum Gasteiger partial charge on any atom is 0.227 e. The summed E-state index contributed by atoms with van der Waals surface area (Å²) < 4.78 is 5.25. The lowest BCUT2D eigenvalue weighted by molar-refractivity contribution is -0.133. The number of benzene rings is 1. The highest BCUT2D eigenvalue weighted by molar-refractivity contribution is 6.30. The first-order valence-electron chi connectivity index (χ1n) is 7.94. The van der Waals surface area contributed by atoms with E-state index in [0.29, 0.717) is 35.6 Å². The maximum absolute atomic E-state index is 12.4. The highest BCUT2D eigenvalue weighted by Gasteiger charge is 2.33. The molecular formula is C17H20ClN3O2. The van der Waals surface area contributed by atoms with E-state index in [2.05, 4.69) is 24.0 Å². The molecule has 3 rings (SSSR count). The molecule has 1 aromatic carbocycles. The first-order valence-corrected chi connectivity index (χ1v) is 8.32. The van der Waals surface area contributed by atoms with Crippen molar-refractivity contribution in [1.29, 1.82) is 0 Å². The van der Waals surface area contributed by atoms with Gasteiger partial charge in [-0.05, 0) is 51.0 Å². The van der Waals surface area contributed by atoms with Gasteiger partial charge in [0, 0.05) is 35.5 Å². The average Bonchev–Trinajstić information content (AvgIpc) is 3.22. The maximum atomic E-state index is 12.4. The van der Waals surface area contributed by atoms with Crippen molar-refractivity contribution in [2.75, 3.05) is 0 Å². The van der Waals surface area contributed by atoms with Crippen molar-refractivity contribution in [3.8, 4) is 11.4 Å². The fraction of sp³-hybridized carbons (Fsp3) is 0.471. The van der Waals surface area contributed by atoms with Crippen molar-refractivity contribution in [1.82, 2.24) is 15.0 Å². The van der Waals surface area contributed by atoms with Gasteiger partial charge in [-0.2, -0.15) is 4.98 Å². The molecule has 1 heterocycles. The van der Waals surface area contributed by atoms with Gasteiger partial charge in [-0.25, -0.2) is 0 Å². The van der Waals surface area contributed by atoms with E-state index in [9.17, 15) is 4.79 Å². The smallest absolute Gasteiger partial charge is 0.227 e. The van der Waals surface area contributed by atoms with E-state index in [4.69, 9.17) is 16.1 Å². The third-order valence-electron chi connectivity index (χ3n) is 3.91. The van der Waals surface area contributed by atoms with Gasteiger partial charge in [0.25, 0.3) is 0 Å². The quantitative estimate of drug-likeness (QED) is 0.808. The number of carbonyl (C=O) groups excluding carboxylic acids is 1. The number of aromatic nitrogens is 2. The summed E-state index contributed by atoms with van der Waals surface area (Å²) in [5.41, 5.74) is 0.845. The fourth-order valence-electron chi connectivity index (χ4n) is 2.68. The second-order valence-electron chi connectivity index (χ2n) is 6.14. The molecule has 5 nitrogen and oxygen atoms in total. The topological polar surface area (TPSA) is 59.2 Å². The lowest BCUT2D eigenvalue weighted by Crippen LogP contribution is -2.38. The van der Waals surface area contributed by atoms with E-state index >= 15 is 0 Å². The molecule has 1 aromatic heterocycles. The van der Waals surface area contributed by atoms with Crippen LogP contribution in [0.4, 0.5) is 0 Å². The van der Waals surface area contributed by atoms with E-state index in [0.717, 1.165) is 18.4 Å². The minimum absolute atomic E-state index is 0.161. The molecule has 0 radical (unpaired) electrons. The lowest BCUT2D eigenvalue weighted by Gasteiger charge is -2.26. The highest BCUT2D eigenvalue weighted by atomic mass is 35.5. The summed E-state index contributed by atoms with van der Waals surface area (Å²) in [7, 11) is 0. The number of nitrogens with zero attached hydrogens (tertiary/aromatic N) is 3. The van der Waals surface area contributed by atoms with Crippen LogP contribution in [0.5, 0.6) is 0 Å². The summed E-state index contributed by atoms with van der Waals surface area (Å²) in [6.07, 6.45) is 3.10. The van der Waals surface area contributed by atoms with E-state index in [-0.39, 0.29) is 11.9 Å². The summed E-state index contributed by atoms with van der Waals surface area (Å²) in [4.78, 5) is 18.7. The molecule has 0 saturated heterocycles. The average molecular weight is 334 g/mol. The zero-order chi connectivity index (χ0) is 16.4. The first kappa shape index (κ1) is 16.0. The van der Waals surface area contributed by atoms with Crippen LogP contribution in [-0.2, 0) is 11.2 Å². The van der Waals surface area contributed by atoms with Crippen LogP contribution >= 0.6 is 11.6 Å². The Morgan fingerprint density at radius 3 is 2.65 bits per heavy atom. The van der Waals surface area contributed by atoms with Gasteiger partial charge in [0.2, 0.25) is 17.6 Å². The SMILES string of the molecule is CC(C)N(C(=O)CCc1nc(-c2ccc(Cl)cc2)no1)C1CC1. The Balaban J connectivity index is 1.60. The predicted molar refractivity (Wildman–Crippen MR) is 88.1 cm³/mol. The Morgan fingerprint density at radius 1 is 1.35 bits per heavy atom. The molecule has 1 fully saturated rings. The van der Waals surface area contributed by atoms with Gasteiger partial charge in [0.05, 0.1) is 0 Å². The fourth-order valence-corrected chi connectivity index (χ4v) is 2.81. The summed E-state index contributed by atoms with van der Waals surface area (Å²) >= 11 is 5.87. The molecule has 122 valence electrons. The number of carbonyl (C=O) groups is 1. The van der Waals surface area contributed by atoms with Crippen molar-refractivity contribution in [3.63, 3.8) is 0 Å². The van der Waals surface area contributed by atoms with Gasteiger partial charge in [-0.15, -0.1) is 0 Å². The second-order valence-corrected chi connectivity index (χ2v) is 6.58. The van der Waals surface area contributed by atoms with Gasteiger partial charge in [0.1, 0.15) is 0 Å². The Kier molecular flexibility index (Phi) is 4.66. The third-order valence-corrected chi connectivity index (χ3v) is 4.16. The minimum atomic E-state index is 0.161. The molecule has 0 N–H and O–H groups in total. The van der Waals surface area contributed by atoms with Crippen molar-refractivity contribution in [3.05, 3.63) is 35.2 Å². The monoisotopic (exact) mass is 333 g/mol. The standard InChI is InChI=1S/C17H20ClN3O2/c1-11(2)21(14-7-8-14)16(22)10-9-15-19-17(20-23-15)12-3-5-13(18)6-4-12/h3-6,11,14H,7-10H2,1-2H3. The third kappa shape index (κ3) is 3.91. The molecule has 1 aliphatic rings. The normalized spacial score (nSPS) is 14.3. The number of amides is 1. The molecule has 0 bridgehead atoms. The number of aryl methyl sites for hydroxylation is 1. The molecule has 23 heavy (non-hydrogen) atoms. The molecule has 0 spiro atoms. The van der Waals surface area contributed by atoms with E-state index in [1.54, 1.807) is 12.1 Å². The van der Waals surface area contributed by atoms with Crippen molar-refractivity contribution >= 4 is 17.5 Å². The lowest BCUT2D eigenvalue weighted by atomic mass is 10.2. The van der Waals surface area contributed by atoms with Gasteiger partial charge < -0.3 is 9.42 Å². The Hall–Kier alpha value is -1.88. The van der Waals surface area contributed by atoms with Crippen molar-refractivity contribution in [2.45, 2.75) is 51.6 Å². The Morgan fingerprint density at radius 2 is 2.04 bits per heavy atom. The van der Waals surface area contributed by atoms with Crippen molar-refractivity contribution in [2.24, 2.45) is 0 Å².